The van der Waals surface area contributed by atoms with Crippen molar-refractivity contribution < 1.29 is 38.7 Å². The van der Waals surface area contributed by atoms with Crippen molar-refractivity contribution in [2.24, 2.45) is 5.73 Å². The lowest BCUT2D eigenvalue weighted by Gasteiger charge is -2.28. The summed E-state index contributed by atoms with van der Waals surface area (Å²) in [5.74, 6) is 0. The van der Waals surface area contributed by atoms with Gasteiger partial charge in [-0.25, -0.2) is 0 Å². The Hall–Kier alpha value is 1.84. The molecule has 3 aliphatic rings. The summed E-state index contributed by atoms with van der Waals surface area (Å²) < 4.78 is 1.86. The number of quaternary nitrogens is 1. The van der Waals surface area contributed by atoms with Gasteiger partial charge in [-0.3, -0.25) is 0 Å². The lowest BCUT2D eigenvalue weighted by atomic mass is 10.4. The number of hydrogen-bond acceptors (Lipinski definition) is 4. The molecule has 0 aromatic carbocycles. The topological polar surface area (TPSA) is 69.7 Å². The standard InChI is InChI=1S/C7H16NO.C5H11N.C3H7N.C2H5IO.CH4.2ClH.HI/c1-8(2,5-6-9)7-3-4-7;1-6(2)5-3-4-5;4-3-1-2-3;3-1-2-4;;;;/h7,9H,3-6H2,1-2H3;5H,3-4H2,1-2H3;3H,1-2,4H2;4H,1-2H2;1H4;3*1H/q+1;;;;;;;/p-1. The van der Waals surface area contributed by atoms with E-state index in [1.165, 1.54) is 38.5 Å². The Bertz CT molecular complexity index is 292. The SMILES string of the molecule is C.CN(C)C1CC1.C[N+](C)(CCO)C1CC1.Cl.Cl.NC1CC1.OCCI.[I-]. The van der Waals surface area contributed by atoms with E-state index in [1.54, 1.807) is 0 Å². The van der Waals surface area contributed by atoms with Crippen LogP contribution in [0.5, 0.6) is 0 Å². The van der Waals surface area contributed by atoms with Gasteiger partial charge in [0.05, 0.1) is 33.4 Å². The Morgan fingerprint density at radius 3 is 1.44 bits per heavy atom. The normalized spacial score (nSPS) is 16.8. The Balaban J connectivity index is -0.0000000799. The van der Waals surface area contributed by atoms with Gasteiger partial charge in [-0.1, -0.05) is 30.0 Å². The summed E-state index contributed by atoms with van der Waals surface area (Å²) in [4.78, 5) is 2.28. The molecule has 0 atom stereocenters. The summed E-state index contributed by atoms with van der Waals surface area (Å²) in [5.41, 5.74) is 5.22. The summed E-state index contributed by atoms with van der Waals surface area (Å²) in [7, 11) is 8.65. The van der Waals surface area contributed by atoms with Gasteiger partial charge in [-0.05, 0) is 39.8 Å². The molecule has 0 amide bonds. The van der Waals surface area contributed by atoms with Gasteiger partial charge in [0.1, 0.15) is 6.54 Å². The van der Waals surface area contributed by atoms with Gasteiger partial charge in [0.15, 0.2) is 0 Å². The zero-order valence-corrected chi connectivity index (χ0v) is 22.7. The third-order valence-corrected chi connectivity index (χ3v) is 4.68. The fourth-order valence-electron chi connectivity index (χ4n) is 1.90. The van der Waals surface area contributed by atoms with Gasteiger partial charge >= 0.3 is 0 Å². The van der Waals surface area contributed by atoms with E-state index >= 15 is 0 Å². The van der Waals surface area contributed by atoms with Crippen molar-refractivity contribution >= 4 is 47.4 Å². The van der Waals surface area contributed by atoms with Gasteiger partial charge in [0.2, 0.25) is 0 Å². The summed E-state index contributed by atoms with van der Waals surface area (Å²) in [5, 5.41) is 16.5. The van der Waals surface area contributed by atoms with Crippen molar-refractivity contribution in [1.29, 1.82) is 0 Å². The van der Waals surface area contributed by atoms with Crippen LogP contribution < -0.4 is 29.7 Å². The number of nitrogens with zero attached hydrogens (tertiary/aromatic N) is 2. The van der Waals surface area contributed by atoms with Crippen LogP contribution in [0, 0.1) is 0 Å². The van der Waals surface area contributed by atoms with Crippen LogP contribution in [0.2, 0.25) is 0 Å². The molecule has 0 aromatic rings. The molecule has 3 saturated carbocycles. The largest absolute Gasteiger partial charge is 1.00 e. The molecule has 0 saturated heterocycles. The molecule has 0 aliphatic heterocycles. The molecule has 9 heteroatoms. The predicted molar refractivity (Wildman–Crippen MR) is 128 cm³/mol. The van der Waals surface area contributed by atoms with E-state index in [1.807, 2.05) is 0 Å². The van der Waals surface area contributed by atoms with Gasteiger partial charge in [0.25, 0.3) is 0 Å². The first-order chi connectivity index (χ1) is 10.8. The molecule has 0 radical (unpaired) electrons. The smallest absolute Gasteiger partial charge is 0.102 e. The number of halogens is 4. The predicted octanol–water partition coefficient (Wildman–Crippen LogP) is -0.0672. The van der Waals surface area contributed by atoms with Gasteiger partial charge in [-0.2, -0.15) is 0 Å². The number of aliphatic hydroxyl groups is 2. The highest BCUT2D eigenvalue weighted by Crippen LogP contribution is 2.29. The number of nitrogens with two attached hydrogens (primary N) is 1. The van der Waals surface area contributed by atoms with Gasteiger partial charge in [0, 0.05) is 29.4 Å². The number of alkyl halides is 1. The Morgan fingerprint density at radius 2 is 1.33 bits per heavy atom. The third-order valence-electron chi connectivity index (χ3n) is 4.20. The van der Waals surface area contributed by atoms with Crippen LogP contribution in [0.15, 0.2) is 0 Å². The summed E-state index contributed by atoms with van der Waals surface area (Å²) >= 11 is 2.10. The summed E-state index contributed by atoms with van der Waals surface area (Å²) in [6.45, 7) is 1.54. The highest BCUT2D eigenvalue weighted by Gasteiger charge is 2.37. The molecule has 0 aromatic heterocycles. The van der Waals surface area contributed by atoms with E-state index < -0.39 is 0 Å². The van der Waals surface area contributed by atoms with Crippen LogP contribution in [0.1, 0.15) is 46.0 Å². The van der Waals surface area contributed by atoms with Crippen LogP contribution >= 0.6 is 47.4 Å². The van der Waals surface area contributed by atoms with E-state index in [-0.39, 0.29) is 56.2 Å². The first-order valence-corrected chi connectivity index (χ1v) is 10.3. The maximum Gasteiger partial charge on any atom is 0.102 e. The van der Waals surface area contributed by atoms with Gasteiger partial charge in [-0.15, -0.1) is 24.8 Å². The van der Waals surface area contributed by atoms with Crippen molar-refractivity contribution in [3.8, 4) is 0 Å². The maximum absolute atomic E-state index is 8.66. The number of likely N-dealkylation sites (N-methyl/N-ethyl adjacent to an activating group) is 1. The summed E-state index contributed by atoms with van der Waals surface area (Å²) in [6.07, 6.45) is 8.08. The van der Waals surface area contributed by atoms with Crippen molar-refractivity contribution in [3.63, 3.8) is 0 Å². The Kier molecular flexibility index (Phi) is 32.8. The van der Waals surface area contributed by atoms with Crippen molar-refractivity contribution in [2.45, 2.75) is 64.1 Å². The second kappa shape index (κ2) is 22.5. The van der Waals surface area contributed by atoms with Crippen LogP contribution in [-0.2, 0) is 0 Å². The van der Waals surface area contributed by atoms with E-state index in [0.717, 1.165) is 27.5 Å². The molecule has 5 nitrogen and oxygen atoms in total. The number of hydrogen-bond donors (Lipinski definition) is 3. The second-order valence-corrected chi connectivity index (χ2v) is 8.48. The molecular formula is C18H45Cl2I2N3O2. The first kappa shape index (κ1) is 39.3. The van der Waals surface area contributed by atoms with Crippen molar-refractivity contribution in [2.75, 3.05) is 52.4 Å². The lowest BCUT2D eigenvalue weighted by Crippen LogP contribution is -3.00. The third kappa shape index (κ3) is 27.8. The van der Waals surface area contributed by atoms with E-state index in [0.29, 0.717) is 19.3 Å². The van der Waals surface area contributed by atoms with Crippen LogP contribution in [0.3, 0.4) is 0 Å². The highest BCUT2D eigenvalue weighted by molar-refractivity contribution is 14.1. The number of aliphatic hydroxyl groups excluding tert-OH is 2. The second-order valence-electron chi connectivity index (χ2n) is 7.40. The van der Waals surface area contributed by atoms with Crippen molar-refractivity contribution in [3.05, 3.63) is 0 Å². The van der Waals surface area contributed by atoms with E-state index in [2.05, 4.69) is 55.7 Å². The quantitative estimate of drug-likeness (QED) is 0.220. The molecular weight excluding hydrogens is 615 g/mol. The van der Waals surface area contributed by atoms with Gasteiger partial charge < -0.3 is 49.3 Å². The molecule has 4 N–H and O–H groups in total. The molecule has 0 bridgehead atoms. The average molecular weight is 660 g/mol. The minimum Gasteiger partial charge on any atom is -1.00 e. The van der Waals surface area contributed by atoms with E-state index in [9.17, 15) is 0 Å². The fraction of sp³-hybridized carbons (Fsp3) is 1.00. The molecule has 3 rings (SSSR count). The highest BCUT2D eigenvalue weighted by atomic mass is 127. The minimum absolute atomic E-state index is 0. The fourth-order valence-corrected chi connectivity index (χ4v) is 1.90. The average Bonchev–Trinajstić information content (AvgIpc) is 3.32. The minimum atomic E-state index is 0. The molecule has 27 heavy (non-hydrogen) atoms. The van der Waals surface area contributed by atoms with Crippen LogP contribution in [0.25, 0.3) is 0 Å². The molecule has 3 aliphatic carbocycles. The molecule has 172 valence electrons. The zero-order valence-electron chi connectivity index (χ0n) is 16.7. The number of rotatable bonds is 5. The first-order valence-electron chi connectivity index (χ1n) is 8.80. The zero-order chi connectivity index (χ0) is 17.9. The van der Waals surface area contributed by atoms with E-state index in [4.69, 9.17) is 15.9 Å². The molecule has 3 fully saturated rings. The summed E-state index contributed by atoms with van der Waals surface area (Å²) in [6, 6.07) is 2.36. The molecule has 0 spiro atoms. The van der Waals surface area contributed by atoms with Crippen LogP contribution in [-0.4, -0.2) is 90.1 Å². The molecule has 0 unspecified atom stereocenters. The monoisotopic (exact) mass is 659 g/mol. The Morgan fingerprint density at radius 1 is 0.963 bits per heavy atom. The van der Waals surface area contributed by atoms with Crippen molar-refractivity contribution in [1.82, 2.24) is 4.90 Å². The maximum atomic E-state index is 8.66. The molecule has 0 heterocycles. The lowest BCUT2D eigenvalue weighted by molar-refractivity contribution is -0.901. The van der Waals surface area contributed by atoms with Crippen LogP contribution in [0.4, 0.5) is 0 Å². The Labute approximate surface area is 211 Å².